The summed E-state index contributed by atoms with van der Waals surface area (Å²) in [5.74, 6) is 0.686. The number of rotatable bonds is 3. The quantitative estimate of drug-likeness (QED) is 0.729. The Bertz CT molecular complexity index is 791. The number of aromatic amines is 1. The Morgan fingerprint density at radius 1 is 1.47 bits per heavy atom. The maximum atomic E-state index is 11.1. The summed E-state index contributed by atoms with van der Waals surface area (Å²) in [5, 5.41) is 6.13. The van der Waals surface area contributed by atoms with Crippen LogP contribution in [-0.2, 0) is 6.54 Å². The van der Waals surface area contributed by atoms with Crippen LogP contribution in [0.3, 0.4) is 0 Å². The second-order valence-electron chi connectivity index (χ2n) is 3.94. The number of fused-ring (bicyclic) bond motifs is 1. The number of nitrogens with one attached hydrogen (secondary N) is 2. The topological polar surface area (TPSA) is 70.7 Å². The first-order chi connectivity index (χ1) is 9.11. The van der Waals surface area contributed by atoms with Crippen molar-refractivity contribution in [3.05, 3.63) is 37.0 Å². The van der Waals surface area contributed by atoms with Crippen LogP contribution >= 0.6 is 34.3 Å². The lowest BCUT2D eigenvalue weighted by molar-refractivity contribution is 1.04. The highest BCUT2D eigenvalue weighted by molar-refractivity contribution is 7.18. The van der Waals surface area contributed by atoms with E-state index < -0.39 is 0 Å². The average Bonchev–Trinajstić information content (AvgIpc) is 2.91. The third-order valence-electron chi connectivity index (χ3n) is 2.51. The SMILES string of the molecule is Cc1cc2c(NCc3csc(=O)[nH]3)nc(Cl)nc2s1. The van der Waals surface area contributed by atoms with Crippen LogP contribution in [0, 0.1) is 6.92 Å². The van der Waals surface area contributed by atoms with Crippen LogP contribution in [0.25, 0.3) is 10.2 Å². The highest BCUT2D eigenvalue weighted by Gasteiger charge is 2.09. The number of thiazole rings is 1. The van der Waals surface area contributed by atoms with Gasteiger partial charge >= 0.3 is 4.87 Å². The molecule has 98 valence electrons. The van der Waals surface area contributed by atoms with E-state index >= 15 is 0 Å². The fraction of sp³-hybridized carbons (Fsp3) is 0.182. The van der Waals surface area contributed by atoms with Crippen molar-refractivity contribution in [3.8, 4) is 0 Å². The van der Waals surface area contributed by atoms with Gasteiger partial charge in [0.25, 0.3) is 0 Å². The Morgan fingerprint density at radius 3 is 3.05 bits per heavy atom. The summed E-state index contributed by atoms with van der Waals surface area (Å²) in [6.07, 6.45) is 0. The van der Waals surface area contributed by atoms with Crippen molar-refractivity contribution in [2.45, 2.75) is 13.5 Å². The van der Waals surface area contributed by atoms with E-state index in [0.717, 1.165) is 32.1 Å². The zero-order valence-corrected chi connectivity index (χ0v) is 12.2. The summed E-state index contributed by atoms with van der Waals surface area (Å²) >= 11 is 8.63. The second-order valence-corrected chi connectivity index (χ2v) is 6.36. The number of hydrogen-bond acceptors (Lipinski definition) is 6. The van der Waals surface area contributed by atoms with Gasteiger partial charge < -0.3 is 10.3 Å². The van der Waals surface area contributed by atoms with Crippen LogP contribution in [0.1, 0.15) is 10.6 Å². The van der Waals surface area contributed by atoms with Gasteiger partial charge in [0.2, 0.25) is 5.28 Å². The Labute approximate surface area is 121 Å². The molecule has 3 heterocycles. The molecule has 0 fully saturated rings. The lowest BCUT2D eigenvalue weighted by Crippen LogP contribution is -2.04. The molecule has 19 heavy (non-hydrogen) atoms. The van der Waals surface area contributed by atoms with Gasteiger partial charge in [-0.2, -0.15) is 0 Å². The normalized spacial score (nSPS) is 11.1. The Kier molecular flexibility index (Phi) is 3.26. The first kappa shape index (κ1) is 12.6. The van der Waals surface area contributed by atoms with Gasteiger partial charge in [0.15, 0.2) is 0 Å². The number of aryl methyl sites for hydroxylation is 1. The minimum atomic E-state index is -0.0611. The molecular formula is C11H9ClN4OS2. The van der Waals surface area contributed by atoms with Crippen LogP contribution in [0.4, 0.5) is 5.82 Å². The molecule has 0 spiro atoms. The largest absolute Gasteiger partial charge is 0.364 e. The number of halogens is 1. The van der Waals surface area contributed by atoms with Crippen molar-refractivity contribution >= 4 is 50.3 Å². The van der Waals surface area contributed by atoms with Gasteiger partial charge in [-0.25, -0.2) is 9.97 Å². The van der Waals surface area contributed by atoms with E-state index in [1.165, 1.54) is 0 Å². The maximum Gasteiger partial charge on any atom is 0.304 e. The second kappa shape index (κ2) is 4.92. The third kappa shape index (κ3) is 2.63. The molecule has 3 aromatic heterocycles. The molecule has 3 aromatic rings. The number of thiophene rings is 1. The molecule has 0 saturated carbocycles. The maximum absolute atomic E-state index is 11.1. The molecule has 2 N–H and O–H groups in total. The predicted octanol–water partition coefficient (Wildman–Crippen LogP) is 3.02. The number of anilines is 1. The molecule has 0 atom stereocenters. The Hall–Kier alpha value is -1.44. The number of aromatic nitrogens is 3. The van der Waals surface area contributed by atoms with Gasteiger partial charge in [0.05, 0.1) is 11.9 Å². The number of hydrogen-bond donors (Lipinski definition) is 2. The van der Waals surface area contributed by atoms with Crippen molar-refractivity contribution < 1.29 is 0 Å². The molecule has 0 aliphatic rings. The van der Waals surface area contributed by atoms with E-state index in [9.17, 15) is 4.79 Å². The Balaban J connectivity index is 1.93. The van der Waals surface area contributed by atoms with E-state index in [1.54, 1.807) is 16.7 Å². The van der Waals surface area contributed by atoms with E-state index in [0.29, 0.717) is 12.4 Å². The van der Waals surface area contributed by atoms with Crippen LogP contribution in [0.15, 0.2) is 16.2 Å². The molecule has 0 amide bonds. The van der Waals surface area contributed by atoms with Crippen molar-refractivity contribution in [2.75, 3.05) is 5.32 Å². The minimum absolute atomic E-state index is 0.0611. The highest BCUT2D eigenvalue weighted by atomic mass is 35.5. The van der Waals surface area contributed by atoms with Crippen molar-refractivity contribution in [2.24, 2.45) is 0 Å². The molecule has 0 aliphatic carbocycles. The summed E-state index contributed by atoms with van der Waals surface area (Å²) in [5.41, 5.74) is 0.824. The van der Waals surface area contributed by atoms with Gasteiger partial charge in [0, 0.05) is 16.0 Å². The molecule has 0 unspecified atom stereocenters. The van der Waals surface area contributed by atoms with Crippen LogP contribution in [-0.4, -0.2) is 15.0 Å². The number of H-pyrrole nitrogens is 1. The summed E-state index contributed by atoms with van der Waals surface area (Å²) in [6.45, 7) is 2.51. The standard InChI is InChI=1S/C11H9ClN4OS2/c1-5-2-7-8(15-10(12)16-9(7)19-5)13-3-6-4-18-11(17)14-6/h2,4H,3H2,1H3,(H,14,17)(H,13,15,16). The number of nitrogens with zero attached hydrogens (tertiary/aromatic N) is 2. The van der Waals surface area contributed by atoms with Crippen molar-refractivity contribution in [1.29, 1.82) is 0 Å². The summed E-state index contributed by atoms with van der Waals surface area (Å²) in [4.78, 5) is 24.1. The first-order valence-corrected chi connectivity index (χ1v) is 7.53. The van der Waals surface area contributed by atoms with E-state index in [-0.39, 0.29) is 10.2 Å². The van der Waals surface area contributed by atoms with E-state index in [1.807, 2.05) is 13.0 Å². The van der Waals surface area contributed by atoms with Crippen molar-refractivity contribution in [1.82, 2.24) is 15.0 Å². The lowest BCUT2D eigenvalue weighted by atomic mass is 10.3. The smallest absolute Gasteiger partial charge is 0.304 e. The predicted molar refractivity (Wildman–Crippen MR) is 79.4 cm³/mol. The van der Waals surface area contributed by atoms with E-state index in [4.69, 9.17) is 11.6 Å². The average molecular weight is 313 g/mol. The minimum Gasteiger partial charge on any atom is -0.364 e. The molecule has 0 bridgehead atoms. The first-order valence-electron chi connectivity index (χ1n) is 5.46. The summed E-state index contributed by atoms with van der Waals surface area (Å²) < 4.78 is 0. The zero-order valence-electron chi connectivity index (χ0n) is 9.86. The molecule has 8 heteroatoms. The van der Waals surface area contributed by atoms with Crippen LogP contribution < -0.4 is 10.2 Å². The van der Waals surface area contributed by atoms with Gasteiger partial charge in [-0.3, -0.25) is 4.79 Å². The fourth-order valence-electron chi connectivity index (χ4n) is 1.73. The van der Waals surface area contributed by atoms with Gasteiger partial charge in [0.1, 0.15) is 10.6 Å². The molecule has 3 rings (SSSR count). The molecule has 0 aliphatic heterocycles. The molecular weight excluding hydrogens is 304 g/mol. The van der Waals surface area contributed by atoms with Crippen LogP contribution in [0.2, 0.25) is 5.28 Å². The summed E-state index contributed by atoms with van der Waals surface area (Å²) in [7, 11) is 0. The van der Waals surface area contributed by atoms with E-state index in [2.05, 4.69) is 20.3 Å². The summed E-state index contributed by atoms with van der Waals surface area (Å²) in [6, 6.07) is 2.02. The molecule has 0 aromatic carbocycles. The Morgan fingerprint density at radius 2 is 2.32 bits per heavy atom. The monoisotopic (exact) mass is 312 g/mol. The van der Waals surface area contributed by atoms with Crippen molar-refractivity contribution in [3.63, 3.8) is 0 Å². The zero-order chi connectivity index (χ0) is 13.4. The molecule has 5 nitrogen and oxygen atoms in total. The molecule has 0 radical (unpaired) electrons. The lowest BCUT2D eigenvalue weighted by Gasteiger charge is -2.05. The molecule has 0 saturated heterocycles. The van der Waals surface area contributed by atoms with Gasteiger partial charge in [-0.05, 0) is 24.6 Å². The third-order valence-corrected chi connectivity index (χ3v) is 4.34. The van der Waals surface area contributed by atoms with Crippen LogP contribution in [0.5, 0.6) is 0 Å². The van der Waals surface area contributed by atoms with Gasteiger partial charge in [-0.1, -0.05) is 11.3 Å². The van der Waals surface area contributed by atoms with Gasteiger partial charge in [-0.15, -0.1) is 11.3 Å². The highest BCUT2D eigenvalue weighted by Crippen LogP contribution is 2.29. The fourth-order valence-corrected chi connectivity index (χ4v) is 3.41.